The maximum absolute atomic E-state index is 14.3. The van der Waals surface area contributed by atoms with E-state index in [0.29, 0.717) is 0 Å². The minimum atomic E-state index is -5.18. The number of aromatic carboxylic acids is 2. The first kappa shape index (κ1) is 20.2. The first-order valence-electron chi connectivity index (χ1n) is 6.46. The van der Waals surface area contributed by atoms with Gasteiger partial charge >= 0.3 is 18.1 Å². The summed E-state index contributed by atoms with van der Waals surface area (Å²) in [6, 6.07) is 0. The lowest BCUT2D eigenvalue weighted by Gasteiger charge is -2.17. The molecule has 0 saturated carbocycles. The highest BCUT2D eigenvalue weighted by atomic mass is 19.4. The van der Waals surface area contributed by atoms with Gasteiger partial charge in [-0.2, -0.15) is 13.2 Å². The number of benzene rings is 2. The Morgan fingerprint density at radius 3 is 1.63 bits per heavy atom. The molecule has 0 aliphatic rings. The predicted molar refractivity (Wildman–Crippen MR) is 69.2 cm³/mol. The summed E-state index contributed by atoms with van der Waals surface area (Å²) in [6.07, 6.45) is -5.18. The van der Waals surface area contributed by atoms with Crippen molar-refractivity contribution in [1.82, 2.24) is 0 Å². The lowest BCUT2D eigenvalue weighted by atomic mass is 9.99. The number of alkyl halides is 3. The van der Waals surface area contributed by atoms with Gasteiger partial charge in [-0.3, -0.25) is 0 Å². The van der Waals surface area contributed by atoms with Crippen LogP contribution in [0.3, 0.4) is 0 Å². The molecule has 0 amide bonds. The molecule has 0 aromatic heterocycles. The second-order valence-corrected chi connectivity index (χ2v) is 4.91. The van der Waals surface area contributed by atoms with Crippen LogP contribution >= 0.6 is 0 Å². The van der Waals surface area contributed by atoms with Gasteiger partial charge in [0.1, 0.15) is 11.1 Å². The Balaban J connectivity index is 3.09. The molecule has 0 atom stereocenters. The van der Waals surface area contributed by atoms with Gasteiger partial charge in [-0.05, 0) is 0 Å². The Kier molecular flexibility index (Phi) is 4.90. The lowest BCUT2D eigenvalue weighted by Crippen LogP contribution is -2.21. The Morgan fingerprint density at radius 1 is 0.741 bits per heavy atom. The molecule has 13 heteroatoms. The van der Waals surface area contributed by atoms with Gasteiger partial charge in [-0.15, -0.1) is 0 Å². The van der Waals surface area contributed by atoms with Crippen molar-refractivity contribution in [2.24, 2.45) is 0 Å². The molecule has 0 radical (unpaired) electrons. The van der Waals surface area contributed by atoms with Crippen LogP contribution in [0.2, 0.25) is 0 Å². The van der Waals surface area contributed by atoms with Crippen LogP contribution in [-0.2, 0) is 0 Å². The molecule has 2 aromatic rings. The van der Waals surface area contributed by atoms with Crippen LogP contribution in [0.1, 0.15) is 20.7 Å². The normalized spacial score (nSPS) is 11.7. The quantitative estimate of drug-likeness (QED) is 0.597. The van der Waals surface area contributed by atoms with Crippen LogP contribution in [0.4, 0.5) is 35.1 Å². The summed E-state index contributed by atoms with van der Waals surface area (Å²) >= 11 is 0. The van der Waals surface area contributed by atoms with Gasteiger partial charge in [0, 0.05) is 0 Å². The number of halogens is 8. The molecule has 146 valence electrons. The van der Waals surface area contributed by atoms with E-state index in [1.54, 1.807) is 0 Å². The predicted octanol–water partition coefficient (Wildman–Crippen LogP) is 3.87. The van der Waals surface area contributed by atoms with E-state index in [1.807, 2.05) is 0 Å². The van der Waals surface area contributed by atoms with E-state index in [1.165, 1.54) is 0 Å². The lowest BCUT2D eigenvalue weighted by molar-refractivity contribution is -0.153. The molecule has 0 unspecified atom stereocenters. The van der Waals surface area contributed by atoms with E-state index in [2.05, 4.69) is 4.74 Å². The standard InChI is InChI=1S/C14H4F8O5/c15-6-2-3(7(16)4(12(23)24)9(18)8(2)17)11(27-1-14(20,21)22)10(19)5(6)13(25)26/h1H2,(H,23,24)(H,25,26). The molecule has 2 rings (SSSR count). The second kappa shape index (κ2) is 6.55. The van der Waals surface area contributed by atoms with E-state index in [0.717, 1.165) is 0 Å². The van der Waals surface area contributed by atoms with Gasteiger partial charge in [0.15, 0.2) is 41.4 Å². The van der Waals surface area contributed by atoms with Gasteiger partial charge in [-0.25, -0.2) is 31.5 Å². The van der Waals surface area contributed by atoms with Crippen LogP contribution in [0.25, 0.3) is 10.8 Å². The zero-order valence-corrected chi connectivity index (χ0v) is 12.3. The maximum atomic E-state index is 14.3. The SMILES string of the molecule is O=C(O)c1c(F)c(OCC(F)(F)F)c2c(F)c(C(=O)O)c(F)c(F)c2c1F. The fourth-order valence-electron chi connectivity index (χ4n) is 2.19. The summed E-state index contributed by atoms with van der Waals surface area (Å²) in [5.74, 6) is -18.9. The summed E-state index contributed by atoms with van der Waals surface area (Å²) in [5, 5.41) is 13.7. The second-order valence-electron chi connectivity index (χ2n) is 4.91. The van der Waals surface area contributed by atoms with E-state index in [9.17, 15) is 44.7 Å². The number of hydrogen-bond donors (Lipinski definition) is 2. The van der Waals surface area contributed by atoms with E-state index < -0.39 is 81.5 Å². The summed E-state index contributed by atoms with van der Waals surface area (Å²) in [4.78, 5) is 21.8. The monoisotopic (exact) mass is 404 g/mol. The third kappa shape index (κ3) is 3.31. The van der Waals surface area contributed by atoms with Crippen LogP contribution < -0.4 is 4.74 Å². The largest absolute Gasteiger partial charge is 0.480 e. The van der Waals surface area contributed by atoms with Crippen LogP contribution in [0, 0.1) is 29.1 Å². The first-order valence-corrected chi connectivity index (χ1v) is 6.46. The molecule has 0 saturated heterocycles. The van der Waals surface area contributed by atoms with Crippen molar-refractivity contribution in [1.29, 1.82) is 0 Å². The summed E-state index contributed by atoms with van der Waals surface area (Å²) < 4.78 is 111. The van der Waals surface area contributed by atoms with Crippen molar-refractivity contribution in [3.8, 4) is 5.75 Å². The molecule has 0 bridgehead atoms. The van der Waals surface area contributed by atoms with Crippen LogP contribution in [-0.4, -0.2) is 34.9 Å². The molecule has 0 aliphatic carbocycles. The third-order valence-corrected chi connectivity index (χ3v) is 3.21. The van der Waals surface area contributed by atoms with Crippen molar-refractivity contribution >= 4 is 22.7 Å². The summed E-state index contributed by atoms with van der Waals surface area (Å²) in [6.45, 7) is -2.36. The molecule has 0 heterocycles. The molecule has 0 aliphatic heterocycles. The van der Waals surface area contributed by atoms with Crippen molar-refractivity contribution in [2.75, 3.05) is 6.61 Å². The Bertz CT molecular complexity index is 983. The Labute approximate surface area is 142 Å². The molecular formula is C14H4F8O5. The summed E-state index contributed by atoms with van der Waals surface area (Å²) in [5.41, 5.74) is -4.13. The molecular weight excluding hydrogens is 400 g/mol. The third-order valence-electron chi connectivity index (χ3n) is 3.21. The number of ether oxygens (including phenoxy) is 1. The number of hydrogen-bond acceptors (Lipinski definition) is 3. The van der Waals surface area contributed by atoms with Gasteiger partial charge in [-0.1, -0.05) is 0 Å². The highest BCUT2D eigenvalue weighted by molar-refractivity contribution is 6.02. The zero-order valence-electron chi connectivity index (χ0n) is 12.3. The number of rotatable bonds is 4. The average Bonchev–Trinajstić information content (AvgIpc) is 2.50. The number of carboxylic acid groups (broad SMARTS) is 2. The van der Waals surface area contributed by atoms with Crippen molar-refractivity contribution in [3.63, 3.8) is 0 Å². The Morgan fingerprint density at radius 2 is 1.19 bits per heavy atom. The van der Waals surface area contributed by atoms with Gasteiger partial charge in [0.05, 0.1) is 10.8 Å². The fraction of sp³-hybridized carbons (Fsp3) is 0.143. The molecule has 0 fully saturated rings. The van der Waals surface area contributed by atoms with Crippen molar-refractivity contribution < 1.29 is 59.7 Å². The number of carbonyl (C=O) groups is 2. The minimum Gasteiger partial charge on any atom is -0.480 e. The van der Waals surface area contributed by atoms with Gasteiger partial charge in [0.2, 0.25) is 0 Å². The fourth-order valence-corrected chi connectivity index (χ4v) is 2.19. The molecule has 0 spiro atoms. The molecule has 2 aromatic carbocycles. The van der Waals surface area contributed by atoms with Crippen LogP contribution in [0.15, 0.2) is 0 Å². The highest BCUT2D eigenvalue weighted by Gasteiger charge is 2.36. The van der Waals surface area contributed by atoms with E-state index in [4.69, 9.17) is 10.2 Å². The zero-order chi connectivity index (χ0) is 20.8. The van der Waals surface area contributed by atoms with Gasteiger partial charge < -0.3 is 14.9 Å². The summed E-state index contributed by atoms with van der Waals surface area (Å²) in [7, 11) is 0. The Hall–Kier alpha value is -3.12. The number of fused-ring (bicyclic) bond motifs is 1. The maximum Gasteiger partial charge on any atom is 0.422 e. The van der Waals surface area contributed by atoms with Crippen LogP contribution in [0.5, 0.6) is 5.75 Å². The molecule has 5 nitrogen and oxygen atoms in total. The number of carboxylic acids is 2. The smallest absolute Gasteiger partial charge is 0.422 e. The van der Waals surface area contributed by atoms with E-state index >= 15 is 0 Å². The van der Waals surface area contributed by atoms with Crippen molar-refractivity contribution in [2.45, 2.75) is 6.18 Å². The van der Waals surface area contributed by atoms with Gasteiger partial charge in [0.25, 0.3) is 0 Å². The molecule has 27 heavy (non-hydrogen) atoms. The van der Waals surface area contributed by atoms with E-state index in [-0.39, 0.29) is 0 Å². The van der Waals surface area contributed by atoms with Crippen molar-refractivity contribution in [3.05, 3.63) is 40.2 Å². The topological polar surface area (TPSA) is 83.8 Å². The minimum absolute atomic E-state index is 1.84. The average molecular weight is 404 g/mol. The highest BCUT2D eigenvalue weighted by Crippen LogP contribution is 2.40. The first-order chi connectivity index (χ1) is 12.3. The molecule has 2 N–H and O–H groups in total.